The van der Waals surface area contributed by atoms with E-state index in [1.807, 2.05) is 18.2 Å². The minimum Gasteiger partial charge on any atom is -0.380 e. The minimum absolute atomic E-state index is 0.642. The summed E-state index contributed by atoms with van der Waals surface area (Å²) in [5.41, 5.74) is 3.21. The first-order valence-corrected chi connectivity index (χ1v) is 3.81. The van der Waals surface area contributed by atoms with E-state index in [1.54, 1.807) is 13.4 Å². The second-order valence-electron chi connectivity index (χ2n) is 2.69. The highest BCUT2D eigenvalue weighted by Crippen LogP contribution is 2.11. The number of ether oxygens (including phenoxy) is 1. The van der Waals surface area contributed by atoms with E-state index in [4.69, 9.17) is 4.74 Å². The van der Waals surface area contributed by atoms with Gasteiger partial charge in [-0.1, -0.05) is 6.07 Å². The van der Waals surface area contributed by atoms with Gasteiger partial charge < -0.3 is 9.72 Å². The van der Waals surface area contributed by atoms with Gasteiger partial charge in [-0.3, -0.25) is 0 Å². The number of aromatic nitrogens is 2. The summed E-state index contributed by atoms with van der Waals surface area (Å²) in [7, 11) is 1.69. The van der Waals surface area contributed by atoms with Crippen molar-refractivity contribution in [3.63, 3.8) is 0 Å². The normalized spacial score (nSPS) is 10.8. The number of hydrogen-bond donors (Lipinski definition) is 1. The van der Waals surface area contributed by atoms with Crippen molar-refractivity contribution in [2.45, 2.75) is 6.61 Å². The van der Waals surface area contributed by atoms with Crippen molar-refractivity contribution in [2.75, 3.05) is 7.11 Å². The molecule has 12 heavy (non-hydrogen) atoms. The molecule has 0 saturated carbocycles. The zero-order chi connectivity index (χ0) is 8.39. The smallest absolute Gasteiger partial charge is 0.0931 e. The van der Waals surface area contributed by atoms with Gasteiger partial charge in [0.25, 0.3) is 0 Å². The van der Waals surface area contributed by atoms with Crippen LogP contribution in [0.25, 0.3) is 11.0 Å². The number of hydrogen-bond acceptors (Lipinski definition) is 2. The molecule has 0 aliphatic rings. The Balaban J connectivity index is 2.46. The molecule has 0 atom stereocenters. The zero-order valence-corrected chi connectivity index (χ0v) is 6.87. The number of fused-ring (bicyclic) bond motifs is 1. The fourth-order valence-electron chi connectivity index (χ4n) is 1.23. The maximum atomic E-state index is 5.02. The molecule has 1 heterocycles. The number of nitrogens with zero attached hydrogens (tertiary/aromatic N) is 1. The van der Waals surface area contributed by atoms with Crippen LogP contribution in [0.1, 0.15) is 5.56 Å². The van der Waals surface area contributed by atoms with Crippen LogP contribution in [-0.4, -0.2) is 17.1 Å². The monoisotopic (exact) mass is 162 g/mol. The van der Waals surface area contributed by atoms with Gasteiger partial charge in [-0.15, -0.1) is 0 Å². The summed E-state index contributed by atoms with van der Waals surface area (Å²) in [6.07, 6.45) is 1.70. The van der Waals surface area contributed by atoms with Crippen molar-refractivity contribution in [3.8, 4) is 0 Å². The molecular formula is C9H10N2O. The van der Waals surface area contributed by atoms with E-state index >= 15 is 0 Å². The number of H-pyrrole nitrogens is 1. The van der Waals surface area contributed by atoms with Gasteiger partial charge in [0.1, 0.15) is 0 Å². The SMILES string of the molecule is COCc1ccc2[nH]cnc2c1. The highest BCUT2D eigenvalue weighted by molar-refractivity contribution is 5.74. The summed E-state index contributed by atoms with van der Waals surface area (Å²) in [5.74, 6) is 0. The molecule has 0 spiro atoms. The van der Waals surface area contributed by atoms with Crippen LogP contribution in [0, 0.1) is 0 Å². The third-order valence-electron chi connectivity index (χ3n) is 1.80. The topological polar surface area (TPSA) is 37.9 Å². The summed E-state index contributed by atoms with van der Waals surface area (Å²) < 4.78 is 5.02. The van der Waals surface area contributed by atoms with Crippen LogP contribution in [0.2, 0.25) is 0 Å². The Kier molecular flexibility index (Phi) is 1.80. The lowest BCUT2D eigenvalue weighted by atomic mass is 10.2. The number of rotatable bonds is 2. The lowest BCUT2D eigenvalue weighted by Crippen LogP contribution is -1.86. The molecular weight excluding hydrogens is 152 g/mol. The average molecular weight is 162 g/mol. The van der Waals surface area contributed by atoms with Crippen molar-refractivity contribution < 1.29 is 4.74 Å². The summed E-state index contributed by atoms with van der Waals surface area (Å²) in [6, 6.07) is 6.07. The van der Waals surface area contributed by atoms with Crippen LogP contribution in [0.3, 0.4) is 0 Å². The van der Waals surface area contributed by atoms with E-state index in [-0.39, 0.29) is 0 Å². The number of benzene rings is 1. The van der Waals surface area contributed by atoms with E-state index in [2.05, 4.69) is 9.97 Å². The molecule has 62 valence electrons. The molecule has 1 aromatic carbocycles. The van der Waals surface area contributed by atoms with Gasteiger partial charge >= 0.3 is 0 Å². The maximum absolute atomic E-state index is 5.02. The molecule has 0 amide bonds. The van der Waals surface area contributed by atoms with E-state index in [0.29, 0.717) is 6.61 Å². The second-order valence-corrected chi connectivity index (χ2v) is 2.69. The Labute approximate surface area is 70.4 Å². The first-order chi connectivity index (χ1) is 5.90. The van der Waals surface area contributed by atoms with E-state index in [0.717, 1.165) is 16.6 Å². The summed E-state index contributed by atoms with van der Waals surface area (Å²) in [4.78, 5) is 7.19. The van der Waals surface area contributed by atoms with Crippen LogP contribution in [0.4, 0.5) is 0 Å². The Morgan fingerprint density at radius 3 is 3.25 bits per heavy atom. The number of nitrogens with one attached hydrogen (secondary N) is 1. The zero-order valence-electron chi connectivity index (χ0n) is 6.87. The fourth-order valence-corrected chi connectivity index (χ4v) is 1.23. The molecule has 0 saturated heterocycles. The third-order valence-corrected chi connectivity index (χ3v) is 1.80. The molecule has 2 rings (SSSR count). The van der Waals surface area contributed by atoms with Crippen molar-refractivity contribution in [1.29, 1.82) is 0 Å². The first-order valence-electron chi connectivity index (χ1n) is 3.81. The summed E-state index contributed by atoms with van der Waals surface area (Å²) >= 11 is 0. The minimum atomic E-state index is 0.642. The molecule has 0 bridgehead atoms. The Hall–Kier alpha value is -1.35. The predicted octanol–water partition coefficient (Wildman–Crippen LogP) is 1.71. The van der Waals surface area contributed by atoms with Gasteiger partial charge in [0.2, 0.25) is 0 Å². The molecule has 1 aromatic heterocycles. The Bertz CT molecular complexity index is 381. The molecule has 2 aromatic rings. The van der Waals surface area contributed by atoms with Gasteiger partial charge in [-0.05, 0) is 17.7 Å². The van der Waals surface area contributed by atoms with Gasteiger partial charge in [0.05, 0.1) is 24.0 Å². The highest BCUT2D eigenvalue weighted by atomic mass is 16.5. The lowest BCUT2D eigenvalue weighted by Gasteiger charge is -1.97. The fraction of sp³-hybridized carbons (Fsp3) is 0.222. The van der Waals surface area contributed by atoms with Crippen LogP contribution < -0.4 is 0 Å². The molecule has 0 aliphatic carbocycles. The molecule has 3 nitrogen and oxygen atoms in total. The number of imidazole rings is 1. The Morgan fingerprint density at radius 2 is 2.42 bits per heavy atom. The predicted molar refractivity (Wildman–Crippen MR) is 46.8 cm³/mol. The van der Waals surface area contributed by atoms with Gasteiger partial charge in [0.15, 0.2) is 0 Å². The second kappa shape index (κ2) is 2.95. The van der Waals surface area contributed by atoms with Crippen LogP contribution in [0.15, 0.2) is 24.5 Å². The standard InChI is InChI=1S/C9H10N2O/c1-12-5-7-2-3-8-9(4-7)11-6-10-8/h2-4,6H,5H2,1H3,(H,10,11). The number of aromatic amines is 1. The van der Waals surface area contributed by atoms with Crippen molar-refractivity contribution in [2.24, 2.45) is 0 Å². The van der Waals surface area contributed by atoms with Crippen molar-refractivity contribution in [1.82, 2.24) is 9.97 Å². The first kappa shape index (κ1) is 7.31. The Morgan fingerprint density at radius 1 is 1.50 bits per heavy atom. The van der Waals surface area contributed by atoms with Gasteiger partial charge in [-0.2, -0.15) is 0 Å². The van der Waals surface area contributed by atoms with Crippen molar-refractivity contribution in [3.05, 3.63) is 30.1 Å². The van der Waals surface area contributed by atoms with Crippen LogP contribution >= 0.6 is 0 Å². The largest absolute Gasteiger partial charge is 0.380 e. The van der Waals surface area contributed by atoms with Gasteiger partial charge in [0, 0.05) is 7.11 Å². The van der Waals surface area contributed by atoms with E-state index < -0.39 is 0 Å². The van der Waals surface area contributed by atoms with E-state index in [1.165, 1.54) is 0 Å². The van der Waals surface area contributed by atoms with Crippen LogP contribution in [0.5, 0.6) is 0 Å². The van der Waals surface area contributed by atoms with E-state index in [9.17, 15) is 0 Å². The van der Waals surface area contributed by atoms with Gasteiger partial charge in [-0.25, -0.2) is 4.98 Å². The molecule has 0 radical (unpaired) electrons. The molecule has 0 unspecified atom stereocenters. The quantitative estimate of drug-likeness (QED) is 0.730. The average Bonchev–Trinajstić information content (AvgIpc) is 2.51. The summed E-state index contributed by atoms with van der Waals surface area (Å²) in [6.45, 7) is 0.642. The molecule has 3 heteroatoms. The highest BCUT2D eigenvalue weighted by Gasteiger charge is 1.96. The molecule has 0 aliphatic heterocycles. The number of methoxy groups -OCH3 is 1. The van der Waals surface area contributed by atoms with Crippen molar-refractivity contribution >= 4 is 11.0 Å². The third kappa shape index (κ3) is 1.19. The summed E-state index contributed by atoms with van der Waals surface area (Å²) in [5, 5.41) is 0. The molecule has 0 fully saturated rings. The van der Waals surface area contributed by atoms with Crippen LogP contribution in [-0.2, 0) is 11.3 Å². The molecule has 1 N–H and O–H groups in total. The lowest BCUT2D eigenvalue weighted by molar-refractivity contribution is 0.185. The maximum Gasteiger partial charge on any atom is 0.0931 e.